The van der Waals surface area contributed by atoms with E-state index in [1.165, 1.54) is 18.9 Å². The van der Waals surface area contributed by atoms with Crippen molar-refractivity contribution in [2.24, 2.45) is 0 Å². The average molecular weight is 485 g/mol. The molecule has 34 heavy (non-hydrogen) atoms. The number of para-hydroxylation sites is 2. The Morgan fingerprint density at radius 3 is 2.38 bits per heavy atom. The first-order chi connectivity index (χ1) is 16.2. The summed E-state index contributed by atoms with van der Waals surface area (Å²) in [5.74, 6) is -1.54. The van der Waals surface area contributed by atoms with Gasteiger partial charge >= 0.3 is 11.9 Å². The van der Waals surface area contributed by atoms with Crippen molar-refractivity contribution in [1.29, 1.82) is 0 Å². The minimum atomic E-state index is -0.892. The number of esters is 2. The number of thiazole rings is 1. The van der Waals surface area contributed by atoms with Crippen LogP contribution in [0.3, 0.4) is 0 Å². The number of nitrogens with zero attached hydrogens (tertiary/aromatic N) is 3. The average Bonchev–Trinajstić information content (AvgIpc) is 3.30. The summed E-state index contributed by atoms with van der Waals surface area (Å²) in [4.78, 5) is 52.8. The van der Waals surface area contributed by atoms with Crippen LogP contribution in [0.1, 0.15) is 33.3 Å². The Labute approximate surface area is 197 Å². The Hall–Kier alpha value is -4.32. The second kappa shape index (κ2) is 10.5. The van der Waals surface area contributed by atoms with Gasteiger partial charge < -0.3 is 14.2 Å². The predicted molar refractivity (Wildman–Crippen MR) is 121 cm³/mol. The van der Waals surface area contributed by atoms with Crippen LogP contribution in [0.15, 0.2) is 47.8 Å². The summed E-state index contributed by atoms with van der Waals surface area (Å²) in [5.41, 5.74) is 0.0492. The maximum Gasteiger partial charge on any atom is 0.338 e. The fourth-order valence-electron chi connectivity index (χ4n) is 2.98. The molecular formula is C22H19N3O8S. The number of nitro groups is 1. The highest BCUT2D eigenvalue weighted by atomic mass is 32.1. The third-order valence-corrected chi connectivity index (χ3v) is 5.38. The number of aromatic nitrogens is 1. The first-order valence-corrected chi connectivity index (χ1v) is 10.6. The molecule has 0 N–H and O–H groups in total. The first kappa shape index (κ1) is 24.3. The van der Waals surface area contributed by atoms with Gasteiger partial charge in [0.25, 0.3) is 5.69 Å². The van der Waals surface area contributed by atoms with Gasteiger partial charge in [-0.3, -0.25) is 19.8 Å². The van der Waals surface area contributed by atoms with Gasteiger partial charge in [0.1, 0.15) is 12.4 Å². The van der Waals surface area contributed by atoms with E-state index in [0.717, 1.165) is 36.6 Å². The standard InChI is InChI=1S/C22H19N3O8S/c1-13(26)24(18-6-4-5-7-19(18)31-2)22-23-16(12-34-22)11-33-21(28)15-8-14(20(27)32-3)9-17(10-15)25(29)30/h4-10,12H,11H2,1-3H3. The summed E-state index contributed by atoms with van der Waals surface area (Å²) in [7, 11) is 2.61. The highest BCUT2D eigenvalue weighted by Gasteiger charge is 2.22. The lowest BCUT2D eigenvalue weighted by Gasteiger charge is -2.20. The maximum atomic E-state index is 12.5. The maximum absolute atomic E-state index is 12.5. The second-order valence-electron chi connectivity index (χ2n) is 6.74. The van der Waals surface area contributed by atoms with Crippen LogP contribution in [0.5, 0.6) is 5.75 Å². The molecule has 0 aliphatic carbocycles. The van der Waals surface area contributed by atoms with E-state index in [1.54, 1.807) is 29.6 Å². The quantitative estimate of drug-likeness (QED) is 0.264. The molecule has 0 saturated carbocycles. The van der Waals surface area contributed by atoms with Gasteiger partial charge in [0.2, 0.25) is 5.91 Å². The smallest absolute Gasteiger partial charge is 0.338 e. The summed E-state index contributed by atoms with van der Waals surface area (Å²) < 4.78 is 15.1. The molecule has 0 unspecified atom stereocenters. The van der Waals surface area contributed by atoms with Crippen molar-refractivity contribution in [1.82, 2.24) is 4.98 Å². The summed E-state index contributed by atoms with van der Waals surface area (Å²) in [5, 5.41) is 13.1. The third kappa shape index (κ3) is 5.35. The number of ether oxygens (including phenoxy) is 3. The van der Waals surface area contributed by atoms with Crippen LogP contribution < -0.4 is 9.64 Å². The lowest BCUT2D eigenvalue weighted by Crippen LogP contribution is -2.23. The van der Waals surface area contributed by atoms with Crippen LogP contribution in [-0.4, -0.2) is 42.0 Å². The number of carbonyl (C=O) groups excluding carboxylic acids is 3. The number of carbonyl (C=O) groups is 3. The zero-order chi connectivity index (χ0) is 24.8. The lowest BCUT2D eigenvalue weighted by molar-refractivity contribution is -0.384. The number of benzene rings is 2. The Morgan fingerprint density at radius 2 is 1.76 bits per heavy atom. The number of rotatable bonds is 8. The highest BCUT2D eigenvalue weighted by molar-refractivity contribution is 7.14. The molecule has 0 radical (unpaired) electrons. The minimum absolute atomic E-state index is 0.159. The number of hydrogen-bond acceptors (Lipinski definition) is 10. The molecule has 0 saturated heterocycles. The Bertz CT molecular complexity index is 1260. The summed E-state index contributed by atoms with van der Waals surface area (Å²) in [6.45, 7) is 1.12. The SMILES string of the molecule is COC(=O)c1cc(C(=O)OCc2csc(N(C(C)=O)c3ccccc3OC)n2)cc([N+](=O)[O-])c1. The molecule has 0 aliphatic heterocycles. The molecule has 3 aromatic rings. The van der Waals surface area contributed by atoms with Crippen molar-refractivity contribution in [3.05, 3.63) is 74.8 Å². The van der Waals surface area contributed by atoms with Crippen LogP contribution >= 0.6 is 11.3 Å². The van der Waals surface area contributed by atoms with E-state index in [4.69, 9.17) is 9.47 Å². The third-order valence-electron chi connectivity index (χ3n) is 4.51. The number of amides is 1. The van der Waals surface area contributed by atoms with Gasteiger partial charge in [-0.1, -0.05) is 12.1 Å². The number of anilines is 2. The number of non-ortho nitro benzene ring substituents is 1. The van der Waals surface area contributed by atoms with Crippen molar-refractivity contribution in [3.8, 4) is 5.75 Å². The van der Waals surface area contributed by atoms with Gasteiger partial charge in [-0.05, 0) is 18.2 Å². The molecule has 176 valence electrons. The summed E-state index contributed by atoms with van der Waals surface area (Å²) >= 11 is 1.16. The van der Waals surface area contributed by atoms with Gasteiger partial charge in [-0.2, -0.15) is 0 Å². The molecule has 12 heteroatoms. The molecule has 1 aromatic heterocycles. The fraction of sp³-hybridized carbons (Fsp3) is 0.182. The largest absolute Gasteiger partial charge is 0.495 e. The number of methoxy groups -OCH3 is 2. The molecule has 0 fully saturated rings. The highest BCUT2D eigenvalue weighted by Crippen LogP contribution is 2.35. The molecule has 1 heterocycles. The van der Waals surface area contributed by atoms with E-state index in [-0.39, 0.29) is 23.6 Å². The summed E-state index contributed by atoms with van der Waals surface area (Å²) in [6, 6.07) is 10.1. The van der Waals surface area contributed by atoms with E-state index >= 15 is 0 Å². The second-order valence-corrected chi connectivity index (χ2v) is 7.58. The molecule has 0 atom stereocenters. The van der Waals surface area contributed by atoms with Crippen molar-refractivity contribution in [2.45, 2.75) is 13.5 Å². The van der Waals surface area contributed by atoms with Gasteiger partial charge in [-0.15, -0.1) is 11.3 Å². The van der Waals surface area contributed by atoms with Gasteiger partial charge in [0.15, 0.2) is 5.13 Å². The van der Waals surface area contributed by atoms with Crippen LogP contribution in [0, 0.1) is 10.1 Å². The van der Waals surface area contributed by atoms with E-state index in [1.807, 2.05) is 0 Å². The molecule has 2 aromatic carbocycles. The van der Waals surface area contributed by atoms with Gasteiger partial charge in [0.05, 0.1) is 41.7 Å². The zero-order valence-electron chi connectivity index (χ0n) is 18.3. The topological polar surface area (TPSA) is 138 Å². The van der Waals surface area contributed by atoms with E-state index in [9.17, 15) is 24.5 Å². The Morgan fingerprint density at radius 1 is 1.09 bits per heavy atom. The molecule has 0 spiro atoms. The van der Waals surface area contributed by atoms with E-state index in [2.05, 4.69) is 9.72 Å². The fourth-order valence-corrected chi connectivity index (χ4v) is 3.84. The van der Waals surface area contributed by atoms with Crippen LogP contribution in [0.25, 0.3) is 0 Å². The summed E-state index contributed by atoms with van der Waals surface area (Å²) in [6.07, 6.45) is 0. The van der Waals surface area contributed by atoms with Crippen molar-refractivity contribution in [2.75, 3.05) is 19.1 Å². The lowest BCUT2D eigenvalue weighted by atomic mass is 10.1. The predicted octanol–water partition coefficient (Wildman–Crippen LogP) is 3.89. The van der Waals surface area contributed by atoms with Gasteiger partial charge in [-0.25, -0.2) is 14.6 Å². The molecule has 0 bridgehead atoms. The normalized spacial score (nSPS) is 10.3. The van der Waals surface area contributed by atoms with E-state index < -0.39 is 22.5 Å². The van der Waals surface area contributed by atoms with Crippen molar-refractivity contribution < 1.29 is 33.5 Å². The monoisotopic (exact) mass is 485 g/mol. The molecule has 0 aliphatic rings. The van der Waals surface area contributed by atoms with Crippen molar-refractivity contribution >= 4 is 45.7 Å². The van der Waals surface area contributed by atoms with Crippen LogP contribution in [0.4, 0.5) is 16.5 Å². The van der Waals surface area contributed by atoms with Crippen LogP contribution in [-0.2, 0) is 20.9 Å². The molecular weight excluding hydrogens is 466 g/mol. The molecule has 3 rings (SSSR count). The Kier molecular flexibility index (Phi) is 7.53. The number of nitro benzene ring substituents is 1. The Balaban J connectivity index is 1.80. The number of hydrogen-bond donors (Lipinski definition) is 0. The zero-order valence-corrected chi connectivity index (χ0v) is 19.2. The van der Waals surface area contributed by atoms with E-state index in [0.29, 0.717) is 22.3 Å². The minimum Gasteiger partial charge on any atom is -0.495 e. The molecule has 11 nitrogen and oxygen atoms in total. The van der Waals surface area contributed by atoms with Crippen LogP contribution in [0.2, 0.25) is 0 Å². The van der Waals surface area contributed by atoms with Gasteiger partial charge in [0, 0.05) is 24.4 Å². The van der Waals surface area contributed by atoms with Crippen molar-refractivity contribution in [3.63, 3.8) is 0 Å². The molecule has 1 amide bonds. The first-order valence-electron chi connectivity index (χ1n) is 9.68.